The summed E-state index contributed by atoms with van der Waals surface area (Å²) in [7, 11) is -0.579. The van der Waals surface area contributed by atoms with E-state index >= 15 is 0 Å². The highest BCUT2D eigenvalue weighted by Gasteiger charge is 2.27. The van der Waals surface area contributed by atoms with Gasteiger partial charge in [-0.05, 0) is 42.8 Å². The number of hydrogen-bond acceptors (Lipinski definition) is 2. The SMILES string of the molecule is CCCCCCCCCS(c1ccccc1)=P(O)(Oc1ccccc1)Oc1ccccc1. The number of rotatable bonds is 13. The topological polar surface area (TPSA) is 38.7 Å². The lowest BCUT2D eigenvalue weighted by atomic mass is 10.1. The molecular weight excluding hydrogens is 435 g/mol. The summed E-state index contributed by atoms with van der Waals surface area (Å²) < 4.78 is 12.6. The predicted octanol–water partition coefficient (Wildman–Crippen LogP) is 8.24. The summed E-state index contributed by atoms with van der Waals surface area (Å²) >= 11 is 0. The first-order valence-corrected chi connectivity index (χ1v) is 15.2. The van der Waals surface area contributed by atoms with E-state index in [1.54, 1.807) is 0 Å². The minimum absolute atomic E-state index is 0.579. The summed E-state index contributed by atoms with van der Waals surface area (Å²) in [5.41, 5.74) is 0. The van der Waals surface area contributed by atoms with Gasteiger partial charge in [-0.15, -0.1) is 0 Å². The van der Waals surface area contributed by atoms with Crippen LogP contribution in [-0.2, 0) is 10.1 Å². The van der Waals surface area contributed by atoms with Gasteiger partial charge in [-0.1, -0.05) is 110 Å². The highest BCUT2D eigenvalue weighted by atomic mass is 32.5. The van der Waals surface area contributed by atoms with E-state index < -0.39 is 16.8 Å². The summed E-state index contributed by atoms with van der Waals surface area (Å²) in [4.78, 5) is 13.1. The van der Waals surface area contributed by atoms with Gasteiger partial charge in [0, 0.05) is 10.6 Å². The Kier molecular flexibility index (Phi) is 10.4. The zero-order chi connectivity index (χ0) is 22.5. The van der Waals surface area contributed by atoms with Gasteiger partial charge in [-0.2, -0.15) is 0 Å². The first kappa shape index (κ1) is 24.6. The number of benzene rings is 3. The number of hydrogen-bond donors (Lipinski definition) is 1. The van der Waals surface area contributed by atoms with E-state index in [-0.39, 0.29) is 0 Å². The van der Waals surface area contributed by atoms with Crippen LogP contribution in [0.25, 0.3) is 0 Å². The van der Waals surface area contributed by atoms with E-state index in [4.69, 9.17) is 9.05 Å². The monoisotopic (exact) mass is 470 g/mol. The Bertz CT molecular complexity index is 916. The molecule has 0 fully saturated rings. The van der Waals surface area contributed by atoms with E-state index in [1.807, 2.05) is 78.9 Å². The fraction of sp³-hybridized carbons (Fsp3) is 0.333. The molecule has 3 nitrogen and oxygen atoms in total. The van der Waals surface area contributed by atoms with Crippen LogP contribution >= 0.6 is 6.72 Å². The van der Waals surface area contributed by atoms with Crippen molar-refractivity contribution in [1.29, 1.82) is 0 Å². The summed E-state index contributed by atoms with van der Waals surface area (Å²) in [6.07, 6.45) is 8.62. The molecule has 0 aliphatic rings. The van der Waals surface area contributed by atoms with Gasteiger partial charge in [0.2, 0.25) is 0 Å². The maximum Gasteiger partial charge on any atom is 0.393 e. The second kappa shape index (κ2) is 13.5. The van der Waals surface area contributed by atoms with Crippen LogP contribution in [-0.4, -0.2) is 10.6 Å². The Balaban J connectivity index is 1.91. The van der Waals surface area contributed by atoms with Gasteiger partial charge in [0.25, 0.3) is 0 Å². The third kappa shape index (κ3) is 7.85. The Labute approximate surface area is 195 Å². The smallest absolute Gasteiger partial charge is 0.393 e. The highest BCUT2D eigenvalue weighted by Crippen LogP contribution is 2.51. The summed E-state index contributed by atoms with van der Waals surface area (Å²) in [6.45, 7) is -1.04. The molecule has 0 heterocycles. The van der Waals surface area contributed by atoms with Crippen molar-refractivity contribution < 1.29 is 13.9 Å². The maximum atomic E-state index is 12.0. The second-order valence-electron chi connectivity index (χ2n) is 7.78. The standard InChI is InChI=1S/C27H35O3PS/c1-2-3-4-5-6-7-17-24-32(27-22-15-10-16-23-27)31(28,29-25-18-11-8-12-19-25)30-26-20-13-9-14-21-26/h8-16,18-23,28H,2-7,17,24H2,1H3. The molecule has 32 heavy (non-hydrogen) atoms. The lowest BCUT2D eigenvalue weighted by Gasteiger charge is -2.26. The van der Waals surface area contributed by atoms with Crippen molar-refractivity contribution in [3.63, 3.8) is 0 Å². The Morgan fingerprint density at radius 1 is 0.625 bits per heavy atom. The molecular formula is C27H35O3PS. The average Bonchev–Trinajstić information content (AvgIpc) is 2.82. The van der Waals surface area contributed by atoms with Crippen LogP contribution in [0.5, 0.6) is 11.5 Å². The molecule has 0 aliphatic carbocycles. The molecule has 5 heteroatoms. The van der Waals surface area contributed by atoms with Crippen LogP contribution < -0.4 is 9.05 Å². The first-order valence-electron chi connectivity index (χ1n) is 11.6. The molecule has 0 aliphatic heterocycles. The number of para-hydroxylation sites is 2. The van der Waals surface area contributed by atoms with E-state index in [9.17, 15) is 4.89 Å². The summed E-state index contributed by atoms with van der Waals surface area (Å²) in [5.74, 6) is 2.11. The van der Waals surface area contributed by atoms with E-state index in [0.29, 0.717) is 11.5 Å². The van der Waals surface area contributed by atoms with E-state index in [2.05, 4.69) is 19.1 Å². The molecule has 0 radical (unpaired) electrons. The fourth-order valence-corrected chi connectivity index (χ4v) is 9.45. The van der Waals surface area contributed by atoms with Gasteiger partial charge in [0.1, 0.15) is 11.5 Å². The molecule has 0 bridgehead atoms. The zero-order valence-electron chi connectivity index (χ0n) is 18.9. The van der Waals surface area contributed by atoms with Crippen molar-refractivity contribution in [1.82, 2.24) is 0 Å². The van der Waals surface area contributed by atoms with Gasteiger partial charge in [-0.25, -0.2) is 0 Å². The molecule has 3 aromatic rings. The normalized spacial score (nSPS) is 12.3. The number of unbranched alkanes of at least 4 members (excludes halogenated alkanes) is 6. The molecule has 3 rings (SSSR count). The first-order chi connectivity index (χ1) is 15.7. The quantitative estimate of drug-likeness (QED) is 0.202. The van der Waals surface area contributed by atoms with Crippen LogP contribution in [0.1, 0.15) is 51.9 Å². The summed E-state index contributed by atoms with van der Waals surface area (Å²) in [5, 5.41) is 0. The highest BCUT2D eigenvalue weighted by molar-refractivity contribution is 8.28. The van der Waals surface area contributed by atoms with Gasteiger partial charge in [0.15, 0.2) is 0 Å². The molecule has 3 aromatic carbocycles. The van der Waals surface area contributed by atoms with Gasteiger partial charge < -0.3 is 13.9 Å². The fourth-order valence-electron chi connectivity index (χ4n) is 3.48. The minimum Gasteiger partial charge on any atom is -0.419 e. The molecule has 1 unspecified atom stereocenters. The lowest BCUT2D eigenvalue weighted by Crippen LogP contribution is -2.11. The largest absolute Gasteiger partial charge is 0.419 e. The van der Waals surface area contributed by atoms with Gasteiger partial charge in [-0.3, -0.25) is 0 Å². The molecule has 0 amide bonds. The average molecular weight is 471 g/mol. The Morgan fingerprint density at radius 2 is 1.06 bits per heavy atom. The van der Waals surface area contributed by atoms with Crippen molar-refractivity contribution >= 4 is 16.8 Å². The van der Waals surface area contributed by atoms with Gasteiger partial charge >= 0.3 is 6.72 Å². The summed E-state index contributed by atoms with van der Waals surface area (Å²) in [6, 6.07) is 29.3. The van der Waals surface area contributed by atoms with Crippen LogP contribution in [0.15, 0.2) is 95.9 Å². The van der Waals surface area contributed by atoms with E-state index in [0.717, 1.165) is 23.5 Å². The third-order valence-corrected chi connectivity index (χ3v) is 11.4. The van der Waals surface area contributed by atoms with Crippen LogP contribution in [0.3, 0.4) is 0 Å². The molecule has 1 N–H and O–H groups in total. The third-order valence-electron chi connectivity index (χ3n) is 5.16. The molecule has 1 atom stereocenters. The second-order valence-corrected chi connectivity index (χ2v) is 13.4. The zero-order valence-corrected chi connectivity index (χ0v) is 20.6. The van der Waals surface area contributed by atoms with Crippen LogP contribution in [0.4, 0.5) is 0 Å². The van der Waals surface area contributed by atoms with Crippen molar-refractivity contribution in [2.24, 2.45) is 0 Å². The van der Waals surface area contributed by atoms with Crippen LogP contribution in [0.2, 0.25) is 0 Å². The predicted molar refractivity (Wildman–Crippen MR) is 138 cm³/mol. The van der Waals surface area contributed by atoms with E-state index in [1.165, 1.54) is 32.1 Å². The van der Waals surface area contributed by atoms with Crippen molar-refractivity contribution in [3.8, 4) is 11.5 Å². The van der Waals surface area contributed by atoms with Crippen molar-refractivity contribution in [2.75, 3.05) is 5.75 Å². The van der Waals surface area contributed by atoms with Crippen molar-refractivity contribution in [3.05, 3.63) is 91.0 Å². The maximum absolute atomic E-state index is 12.0. The van der Waals surface area contributed by atoms with Crippen LogP contribution in [0, 0.1) is 0 Å². The minimum atomic E-state index is -3.28. The lowest BCUT2D eigenvalue weighted by molar-refractivity contribution is 0.376. The Morgan fingerprint density at radius 3 is 1.56 bits per heavy atom. The molecule has 172 valence electrons. The molecule has 0 spiro atoms. The molecule has 0 saturated heterocycles. The molecule has 0 saturated carbocycles. The molecule has 0 aromatic heterocycles. The van der Waals surface area contributed by atoms with Crippen molar-refractivity contribution in [2.45, 2.75) is 56.8 Å². The Hall–Kier alpha value is -2.00. The van der Waals surface area contributed by atoms with Gasteiger partial charge in [0.05, 0.1) is 0 Å².